The molecule has 0 saturated carbocycles. The number of rotatable bonds is 8. The third-order valence-electron chi connectivity index (χ3n) is 3.29. The number of hydrogen-bond acceptors (Lipinski definition) is 6. The van der Waals surface area contributed by atoms with Gasteiger partial charge >= 0.3 is 11.3 Å². The normalized spacial score (nSPS) is 12.8. The number of nitrogens with zero attached hydrogens (tertiary/aromatic N) is 1. The lowest BCUT2D eigenvalue weighted by atomic mass is 10.4. The highest BCUT2D eigenvalue weighted by atomic mass is 32.3. The maximum absolute atomic E-state index is 12.4. The van der Waals surface area contributed by atoms with Crippen molar-refractivity contribution in [3.8, 4) is 0 Å². The third kappa shape index (κ3) is 7.81. The summed E-state index contributed by atoms with van der Waals surface area (Å²) in [4.78, 5) is 0.457. The lowest BCUT2D eigenvalue weighted by Crippen LogP contribution is -2.26. The van der Waals surface area contributed by atoms with E-state index in [9.17, 15) is 38.8 Å². The van der Waals surface area contributed by atoms with E-state index in [1.165, 1.54) is 23.8 Å². The summed E-state index contributed by atoms with van der Waals surface area (Å²) in [5, 5.41) is 0. The molecule has 14 heteroatoms. The van der Waals surface area contributed by atoms with Gasteiger partial charge in [-0.3, -0.25) is 0 Å². The van der Waals surface area contributed by atoms with Crippen molar-refractivity contribution in [2.45, 2.75) is 41.8 Å². The van der Waals surface area contributed by atoms with Gasteiger partial charge in [-0.1, -0.05) is 32.9 Å². The summed E-state index contributed by atoms with van der Waals surface area (Å²) in [6.45, 7) is 10.1. The predicted octanol–water partition coefficient (Wildman–Crippen LogP) is 3.48. The Morgan fingerprint density at radius 3 is 1.82 bits per heavy atom. The van der Waals surface area contributed by atoms with Gasteiger partial charge in [-0.05, 0) is 43.7 Å². The summed E-state index contributed by atoms with van der Waals surface area (Å²) < 4.78 is 107. The van der Waals surface area contributed by atoms with Crippen LogP contribution in [0.25, 0.3) is 0 Å². The van der Waals surface area contributed by atoms with E-state index in [0.717, 1.165) is 18.2 Å². The summed E-state index contributed by atoms with van der Waals surface area (Å²) in [5.41, 5.74) is -5.61. The van der Waals surface area contributed by atoms with Crippen LogP contribution in [0, 0.1) is 0 Å². The van der Waals surface area contributed by atoms with Crippen LogP contribution in [0.15, 0.2) is 34.1 Å². The molecule has 0 heterocycles. The number of sulfonamides is 1. The van der Waals surface area contributed by atoms with Gasteiger partial charge in [0.15, 0.2) is 0 Å². The Hall–Kier alpha value is -0.960. The third-order valence-corrected chi connectivity index (χ3v) is 7.27. The summed E-state index contributed by atoms with van der Waals surface area (Å²) in [7, 11) is -10.8. The van der Waals surface area contributed by atoms with E-state index in [1.807, 2.05) is 0 Å². The monoisotopic (exact) mass is 472 g/mol. The molecule has 0 radical (unpaired) electrons. The summed E-state index contributed by atoms with van der Waals surface area (Å²) >= 11 is -0.172. The molecule has 0 unspecified atom stereocenters. The van der Waals surface area contributed by atoms with Crippen LogP contribution in [-0.2, 0) is 19.9 Å². The molecule has 164 valence electrons. The maximum Gasteiger partial charge on any atom is 0.501 e. The second-order valence-electron chi connectivity index (χ2n) is 5.01. The molecule has 0 spiro atoms. The van der Waals surface area contributed by atoms with Crippen molar-refractivity contribution in [3.05, 3.63) is 24.3 Å². The van der Waals surface area contributed by atoms with E-state index in [4.69, 9.17) is 0 Å². The van der Waals surface area contributed by atoms with Crippen LogP contribution in [0.3, 0.4) is 0 Å². The Morgan fingerprint density at radius 2 is 1.46 bits per heavy atom. The second-order valence-corrected chi connectivity index (χ2v) is 9.67. The fourth-order valence-electron chi connectivity index (χ4n) is 1.69. The van der Waals surface area contributed by atoms with Crippen molar-refractivity contribution in [3.63, 3.8) is 0 Å². The van der Waals surface area contributed by atoms with E-state index >= 15 is 0 Å². The average molecular weight is 473 g/mol. The molecule has 0 atom stereocenters. The summed E-state index contributed by atoms with van der Waals surface area (Å²) in [5.74, 6) is -3.81. The topological polar surface area (TPSA) is 83.6 Å². The Kier molecular flexibility index (Phi) is 10.9. The van der Waals surface area contributed by atoms with E-state index in [-0.39, 0.29) is 11.9 Å². The zero-order valence-corrected chi connectivity index (χ0v) is 17.7. The molecular formula is C14H21F5N2O4S3. The first kappa shape index (κ1) is 27.0. The Balaban J connectivity index is 0.000000887. The van der Waals surface area contributed by atoms with Gasteiger partial charge in [0.25, 0.3) is 19.9 Å². The highest BCUT2D eigenvalue weighted by Gasteiger charge is 2.48. The van der Waals surface area contributed by atoms with Crippen LogP contribution in [0.1, 0.15) is 20.8 Å². The molecule has 28 heavy (non-hydrogen) atoms. The fraction of sp³-hybridized carbons (Fsp3) is 0.571. The Morgan fingerprint density at radius 1 is 1.00 bits per heavy atom. The van der Waals surface area contributed by atoms with Gasteiger partial charge in [0.1, 0.15) is 0 Å². The first-order chi connectivity index (χ1) is 12.7. The molecule has 0 bridgehead atoms. The van der Waals surface area contributed by atoms with Crippen LogP contribution in [0.4, 0.5) is 22.0 Å². The van der Waals surface area contributed by atoms with Crippen LogP contribution in [0.2, 0.25) is 0 Å². The van der Waals surface area contributed by atoms with Gasteiger partial charge in [0, 0.05) is 4.90 Å². The molecule has 1 N–H and O–H groups in total. The van der Waals surface area contributed by atoms with E-state index in [0.29, 0.717) is 6.07 Å². The summed E-state index contributed by atoms with van der Waals surface area (Å²) in [6, 6.07) is 3.53. The molecular weight excluding hydrogens is 451 g/mol. The molecule has 1 aromatic rings. The zero-order chi connectivity index (χ0) is 22.2. The van der Waals surface area contributed by atoms with Crippen LogP contribution in [-0.4, -0.2) is 52.6 Å². The minimum absolute atomic E-state index is 0.172. The number of benzene rings is 1. The van der Waals surface area contributed by atoms with Crippen molar-refractivity contribution in [2.75, 3.05) is 19.6 Å². The second kappa shape index (κ2) is 11.3. The first-order valence-corrected chi connectivity index (χ1v) is 11.7. The number of nitrogens with one attached hydrogen (secondary N) is 1. The quantitative estimate of drug-likeness (QED) is 0.461. The fourth-order valence-corrected chi connectivity index (χ4v) is 4.42. The minimum atomic E-state index is -5.74. The molecule has 0 aliphatic rings. The first-order valence-electron chi connectivity index (χ1n) is 7.82. The molecule has 0 aliphatic carbocycles. The number of alkyl halides is 5. The Bertz CT molecular complexity index is 805. The molecule has 1 rings (SSSR count). The van der Waals surface area contributed by atoms with Gasteiger partial charge in [0.2, 0.25) is 0 Å². The number of halogens is 5. The van der Waals surface area contributed by atoms with Crippen molar-refractivity contribution in [1.29, 1.82) is 0 Å². The van der Waals surface area contributed by atoms with Gasteiger partial charge in [-0.25, -0.2) is 16.8 Å². The van der Waals surface area contributed by atoms with Gasteiger partial charge < -0.3 is 4.90 Å². The van der Waals surface area contributed by atoms with Gasteiger partial charge in [0.05, 0.1) is 4.90 Å². The van der Waals surface area contributed by atoms with Crippen molar-refractivity contribution in [2.24, 2.45) is 0 Å². The largest absolute Gasteiger partial charge is 0.501 e. The molecule has 0 fully saturated rings. The van der Waals surface area contributed by atoms with Crippen molar-refractivity contribution in [1.82, 2.24) is 9.03 Å². The lowest BCUT2D eigenvalue weighted by Gasteiger charge is -2.13. The highest BCUT2D eigenvalue weighted by Crippen LogP contribution is 2.35. The van der Waals surface area contributed by atoms with E-state index in [1.54, 1.807) is 0 Å². The molecule has 6 nitrogen and oxygen atoms in total. The van der Waals surface area contributed by atoms with E-state index in [2.05, 4.69) is 25.7 Å². The van der Waals surface area contributed by atoms with Crippen LogP contribution in [0.5, 0.6) is 0 Å². The molecule has 0 amide bonds. The van der Waals surface area contributed by atoms with E-state index < -0.39 is 40.9 Å². The zero-order valence-electron chi connectivity index (χ0n) is 15.2. The van der Waals surface area contributed by atoms with Gasteiger partial charge in [-0.15, -0.1) is 4.13 Å². The molecule has 0 saturated heterocycles. The number of sulfone groups is 1. The van der Waals surface area contributed by atoms with Crippen LogP contribution < -0.4 is 4.13 Å². The van der Waals surface area contributed by atoms with Gasteiger partial charge in [-0.2, -0.15) is 22.0 Å². The Labute approximate surface area is 165 Å². The standard InChI is InChI=1S/C8H6F5NO4S3.C6H15N/c9-7(10)21(17,18)14-19-5-3-1-2-4-6(5)20(15,16)8(11,12)13;1-4-7(5-2)6-3/h1-4,7,14H;4-6H2,1-3H3. The lowest BCUT2D eigenvalue weighted by molar-refractivity contribution is -0.0437. The summed E-state index contributed by atoms with van der Waals surface area (Å²) in [6.07, 6.45) is 0. The van der Waals surface area contributed by atoms with Crippen molar-refractivity contribution >= 4 is 31.8 Å². The van der Waals surface area contributed by atoms with Crippen LogP contribution >= 0.6 is 11.9 Å². The molecule has 1 aromatic carbocycles. The molecule has 0 aliphatic heterocycles. The maximum atomic E-state index is 12.4. The average Bonchev–Trinajstić information content (AvgIpc) is 2.61. The predicted molar refractivity (Wildman–Crippen MR) is 97.1 cm³/mol. The minimum Gasteiger partial charge on any atom is -0.304 e. The SMILES string of the molecule is CCN(CC)CC.O=S(=O)(NSc1ccccc1S(=O)(=O)C(F)(F)F)C(F)F. The number of hydrogen-bond donors (Lipinski definition) is 1. The van der Waals surface area contributed by atoms with Crippen molar-refractivity contribution < 1.29 is 38.8 Å². The highest BCUT2D eigenvalue weighted by molar-refractivity contribution is 8.09. The smallest absolute Gasteiger partial charge is 0.304 e. The molecule has 0 aromatic heterocycles.